The topological polar surface area (TPSA) is 87.8 Å². The Morgan fingerprint density at radius 3 is 2.77 bits per heavy atom. The molecule has 118 valence electrons. The molecule has 0 unspecified atom stereocenters. The molecule has 6 nitrogen and oxygen atoms in total. The molecule has 0 atom stereocenters. The fraction of sp³-hybridized carbons (Fsp3) is 0.467. The van der Waals surface area contributed by atoms with Crippen LogP contribution < -0.4 is 5.32 Å². The van der Waals surface area contributed by atoms with E-state index in [1.165, 1.54) is 23.0 Å². The molecule has 0 radical (unpaired) electrons. The Morgan fingerprint density at radius 2 is 2.18 bits per heavy atom. The molecule has 1 aliphatic rings. The average Bonchev–Trinajstić information content (AvgIpc) is 3.23. The highest BCUT2D eigenvalue weighted by Crippen LogP contribution is 2.30. The Balaban J connectivity index is 2.17. The third kappa shape index (κ3) is 2.61. The van der Waals surface area contributed by atoms with Crippen LogP contribution in [0.5, 0.6) is 0 Å². The van der Waals surface area contributed by atoms with Gasteiger partial charge in [0, 0.05) is 12.8 Å². The Morgan fingerprint density at radius 1 is 1.45 bits per heavy atom. The molecule has 0 aliphatic heterocycles. The van der Waals surface area contributed by atoms with Gasteiger partial charge >= 0.3 is 0 Å². The summed E-state index contributed by atoms with van der Waals surface area (Å²) in [7, 11) is -3.53. The maximum Gasteiger partial charge on any atom is 0.244 e. The Kier molecular flexibility index (Phi) is 3.68. The summed E-state index contributed by atoms with van der Waals surface area (Å²) in [6, 6.07) is 5.21. The average molecular weight is 320 g/mol. The van der Waals surface area contributed by atoms with Crippen LogP contribution in [0.2, 0.25) is 0 Å². The Hall–Kier alpha value is -1.89. The maximum atomic E-state index is 12.7. The van der Waals surface area contributed by atoms with E-state index in [1.54, 1.807) is 32.0 Å². The highest BCUT2D eigenvalue weighted by Gasteiger charge is 2.27. The van der Waals surface area contributed by atoms with E-state index in [9.17, 15) is 8.42 Å². The van der Waals surface area contributed by atoms with E-state index in [2.05, 4.69) is 10.3 Å². The highest BCUT2D eigenvalue weighted by molar-refractivity contribution is 7.90. The van der Waals surface area contributed by atoms with Gasteiger partial charge in [0.05, 0.1) is 16.3 Å². The lowest BCUT2D eigenvalue weighted by atomic mass is 10.2. The number of hydrogen-bond acceptors (Lipinski definition) is 5. The van der Waals surface area contributed by atoms with Crippen molar-refractivity contribution in [2.45, 2.75) is 31.9 Å². The van der Waals surface area contributed by atoms with Crippen LogP contribution in [0, 0.1) is 11.3 Å². The fourth-order valence-electron chi connectivity index (χ4n) is 2.30. The summed E-state index contributed by atoms with van der Waals surface area (Å²) >= 11 is 0. The van der Waals surface area contributed by atoms with Crippen molar-refractivity contribution in [2.24, 2.45) is 5.92 Å². The van der Waals surface area contributed by atoms with Gasteiger partial charge < -0.3 is 10.7 Å². The van der Waals surface area contributed by atoms with E-state index >= 15 is 0 Å². The van der Waals surface area contributed by atoms with Crippen LogP contribution in [-0.2, 0) is 10.0 Å². The summed E-state index contributed by atoms with van der Waals surface area (Å²) in [6.07, 6.45) is 3.57. The van der Waals surface area contributed by atoms with Gasteiger partial charge in [0.1, 0.15) is 0 Å². The number of nitrogens with zero attached hydrogens (tertiary/aromatic N) is 2. The summed E-state index contributed by atoms with van der Waals surface area (Å²) in [4.78, 5) is 4.43. The smallest absolute Gasteiger partial charge is 0.244 e. The molecule has 22 heavy (non-hydrogen) atoms. The van der Waals surface area contributed by atoms with Crippen LogP contribution in [0.15, 0.2) is 18.2 Å². The second-order valence-electron chi connectivity index (χ2n) is 6.01. The lowest BCUT2D eigenvalue weighted by molar-refractivity contribution is 0.580. The first-order valence-electron chi connectivity index (χ1n) is 7.44. The zero-order chi connectivity index (χ0) is 15.9. The van der Waals surface area contributed by atoms with Crippen molar-refractivity contribution in [1.29, 1.82) is 5.41 Å². The van der Waals surface area contributed by atoms with Crippen molar-refractivity contribution in [3.8, 4) is 0 Å². The van der Waals surface area contributed by atoms with Crippen LogP contribution in [0.25, 0.3) is 11.0 Å². The van der Waals surface area contributed by atoms with Gasteiger partial charge in [-0.05, 0) is 50.3 Å². The molecule has 1 saturated carbocycles. The second-order valence-corrected chi connectivity index (χ2v) is 8.35. The molecule has 0 bridgehead atoms. The van der Waals surface area contributed by atoms with E-state index in [0.717, 1.165) is 6.54 Å². The van der Waals surface area contributed by atoms with Crippen LogP contribution in [0.4, 0.5) is 5.95 Å². The van der Waals surface area contributed by atoms with Gasteiger partial charge in [-0.1, -0.05) is 6.07 Å². The van der Waals surface area contributed by atoms with Crippen molar-refractivity contribution >= 4 is 33.2 Å². The SMILES string of the molecule is CC(C)S(=O)(=O)n1c(NCC2CC2)nc2ccc(C=N)cc21. The molecule has 2 aromatic rings. The van der Waals surface area contributed by atoms with E-state index in [-0.39, 0.29) is 0 Å². The summed E-state index contributed by atoms with van der Waals surface area (Å²) < 4.78 is 26.7. The van der Waals surface area contributed by atoms with E-state index in [4.69, 9.17) is 5.41 Å². The third-order valence-electron chi connectivity index (χ3n) is 3.90. The van der Waals surface area contributed by atoms with Gasteiger partial charge in [0.2, 0.25) is 16.0 Å². The molecule has 0 spiro atoms. The highest BCUT2D eigenvalue weighted by atomic mass is 32.2. The minimum atomic E-state index is -3.53. The first-order valence-corrected chi connectivity index (χ1v) is 8.95. The number of rotatable bonds is 6. The summed E-state index contributed by atoms with van der Waals surface area (Å²) in [5.41, 5.74) is 1.79. The monoisotopic (exact) mass is 320 g/mol. The number of imidazole rings is 1. The van der Waals surface area contributed by atoms with Gasteiger partial charge in [0.25, 0.3) is 0 Å². The molecule has 1 fully saturated rings. The fourth-order valence-corrected chi connectivity index (χ4v) is 3.49. The standard InChI is InChI=1S/C15H20N4O2S/c1-10(2)22(20,21)19-14-7-12(8-16)5-6-13(14)18-15(19)17-9-11-3-4-11/h5-8,10-11,16H,3-4,9H2,1-2H3,(H,17,18). The normalized spacial score (nSPS) is 15.4. The van der Waals surface area contributed by atoms with Gasteiger partial charge in [0.15, 0.2) is 0 Å². The molecule has 1 heterocycles. The number of aromatic nitrogens is 2. The molecular weight excluding hydrogens is 300 g/mol. The molecule has 1 aromatic heterocycles. The van der Waals surface area contributed by atoms with Crippen molar-refractivity contribution in [1.82, 2.24) is 8.96 Å². The molecule has 2 N–H and O–H groups in total. The lowest BCUT2D eigenvalue weighted by Crippen LogP contribution is -2.24. The van der Waals surface area contributed by atoms with E-state index in [1.807, 2.05) is 0 Å². The molecule has 1 aromatic carbocycles. The minimum Gasteiger partial charge on any atom is -0.355 e. The largest absolute Gasteiger partial charge is 0.355 e. The molecule has 7 heteroatoms. The van der Waals surface area contributed by atoms with Crippen LogP contribution in [0.3, 0.4) is 0 Å². The molecule has 1 aliphatic carbocycles. The zero-order valence-corrected chi connectivity index (χ0v) is 13.5. The molecule has 0 amide bonds. The number of anilines is 1. The number of hydrogen-bond donors (Lipinski definition) is 2. The van der Waals surface area contributed by atoms with Gasteiger partial charge in [-0.15, -0.1) is 0 Å². The molecule has 0 saturated heterocycles. The van der Waals surface area contributed by atoms with Gasteiger partial charge in [-0.3, -0.25) is 0 Å². The number of nitrogens with one attached hydrogen (secondary N) is 2. The van der Waals surface area contributed by atoms with Crippen molar-refractivity contribution in [3.63, 3.8) is 0 Å². The van der Waals surface area contributed by atoms with Crippen molar-refractivity contribution < 1.29 is 8.42 Å². The van der Waals surface area contributed by atoms with Crippen molar-refractivity contribution in [2.75, 3.05) is 11.9 Å². The maximum absolute atomic E-state index is 12.7. The first kappa shape index (κ1) is 15.0. The summed E-state index contributed by atoms with van der Waals surface area (Å²) in [6.45, 7) is 4.06. The van der Waals surface area contributed by atoms with E-state index in [0.29, 0.717) is 28.5 Å². The van der Waals surface area contributed by atoms with Crippen LogP contribution in [0.1, 0.15) is 32.3 Å². The second kappa shape index (κ2) is 5.39. The predicted octanol–water partition coefficient (Wildman–Crippen LogP) is 2.44. The van der Waals surface area contributed by atoms with Crippen molar-refractivity contribution in [3.05, 3.63) is 23.8 Å². The third-order valence-corrected chi connectivity index (χ3v) is 5.97. The first-order chi connectivity index (χ1) is 10.4. The Bertz CT molecular complexity index is 819. The Labute approximate surface area is 130 Å². The number of fused-ring (bicyclic) bond motifs is 1. The van der Waals surface area contributed by atoms with E-state index < -0.39 is 15.3 Å². The quantitative estimate of drug-likeness (QED) is 0.800. The van der Waals surface area contributed by atoms with Crippen LogP contribution >= 0.6 is 0 Å². The predicted molar refractivity (Wildman–Crippen MR) is 88.3 cm³/mol. The lowest BCUT2D eigenvalue weighted by Gasteiger charge is -2.14. The van der Waals surface area contributed by atoms with Crippen LogP contribution in [-0.4, -0.2) is 35.4 Å². The minimum absolute atomic E-state index is 0.373. The van der Waals surface area contributed by atoms with Gasteiger partial charge in [-0.2, -0.15) is 0 Å². The molecular formula is C15H20N4O2S. The van der Waals surface area contributed by atoms with Gasteiger partial charge in [-0.25, -0.2) is 17.4 Å². The molecule has 3 rings (SSSR count). The zero-order valence-electron chi connectivity index (χ0n) is 12.7. The summed E-state index contributed by atoms with van der Waals surface area (Å²) in [5, 5.41) is 9.99. The summed E-state index contributed by atoms with van der Waals surface area (Å²) in [5.74, 6) is 0.991. The number of benzene rings is 1.